The Morgan fingerprint density at radius 2 is 2.38 bits per heavy atom. The zero-order valence-electron chi connectivity index (χ0n) is 11.7. The molecule has 0 aromatic carbocycles. The number of ether oxygens (including phenoxy) is 1. The van der Waals surface area contributed by atoms with Crippen molar-refractivity contribution in [1.29, 1.82) is 5.26 Å². The SMILES string of the molecule is C/C(=C\c1ccco1)C1C(C#N)=C(N)Oc2n[nH]c(C)c21. The van der Waals surface area contributed by atoms with Crippen LogP contribution in [0.5, 0.6) is 5.88 Å². The molecule has 2 aromatic rings. The molecule has 1 atom stereocenters. The van der Waals surface area contributed by atoms with Crippen LogP contribution in [0.3, 0.4) is 0 Å². The predicted octanol–water partition coefficient (Wildman–Crippen LogP) is 2.58. The molecule has 3 heterocycles. The predicted molar refractivity (Wildman–Crippen MR) is 75.9 cm³/mol. The minimum Gasteiger partial charge on any atom is -0.465 e. The Morgan fingerprint density at radius 1 is 1.57 bits per heavy atom. The Bertz CT molecular complexity index is 775. The van der Waals surface area contributed by atoms with Crippen molar-refractivity contribution in [2.24, 2.45) is 5.73 Å². The van der Waals surface area contributed by atoms with Gasteiger partial charge in [-0.05, 0) is 32.1 Å². The van der Waals surface area contributed by atoms with E-state index in [1.54, 1.807) is 6.26 Å². The van der Waals surface area contributed by atoms with Gasteiger partial charge in [-0.2, -0.15) is 5.26 Å². The molecule has 1 aliphatic heterocycles. The fourth-order valence-electron chi connectivity index (χ4n) is 2.54. The molecule has 2 aromatic heterocycles. The molecular weight excluding hydrogens is 268 g/mol. The molecule has 0 aliphatic carbocycles. The highest BCUT2D eigenvalue weighted by Gasteiger charge is 2.34. The smallest absolute Gasteiger partial charge is 0.244 e. The first-order valence-electron chi connectivity index (χ1n) is 6.46. The maximum Gasteiger partial charge on any atom is 0.244 e. The molecule has 106 valence electrons. The average Bonchev–Trinajstić information content (AvgIpc) is 3.08. The number of hydrogen-bond donors (Lipinski definition) is 2. The van der Waals surface area contributed by atoms with Gasteiger partial charge in [0.1, 0.15) is 17.4 Å². The number of nitrogens with one attached hydrogen (secondary N) is 1. The van der Waals surface area contributed by atoms with Crippen LogP contribution in [0.4, 0.5) is 0 Å². The summed E-state index contributed by atoms with van der Waals surface area (Å²) in [5, 5.41) is 16.4. The molecule has 3 N–H and O–H groups in total. The molecule has 0 spiro atoms. The molecule has 0 bridgehead atoms. The van der Waals surface area contributed by atoms with Gasteiger partial charge in [0.05, 0.1) is 12.2 Å². The van der Waals surface area contributed by atoms with Gasteiger partial charge in [0.2, 0.25) is 11.8 Å². The number of aromatic amines is 1. The average molecular weight is 282 g/mol. The van der Waals surface area contributed by atoms with Crippen LogP contribution < -0.4 is 10.5 Å². The van der Waals surface area contributed by atoms with Crippen LogP contribution in [-0.4, -0.2) is 10.2 Å². The number of nitrogens with zero attached hydrogens (tertiary/aromatic N) is 2. The highest BCUT2D eigenvalue weighted by molar-refractivity contribution is 5.59. The van der Waals surface area contributed by atoms with E-state index in [9.17, 15) is 5.26 Å². The molecule has 0 fully saturated rings. The van der Waals surface area contributed by atoms with Gasteiger partial charge in [-0.1, -0.05) is 5.57 Å². The van der Waals surface area contributed by atoms with Crippen LogP contribution >= 0.6 is 0 Å². The summed E-state index contributed by atoms with van der Waals surface area (Å²) in [5.41, 5.74) is 8.84. The number of aryl methyl sites for hydroxylation is 1. The second-order valence-corrected chi connectivity index (χ2v) is 4.90. The summed E-state index contributed by atoms with van der Waals surface area (Å²) < 4.78 is 10.7. The standard InChI is InChI=1S/C15H14N4O2/c1-8(6-10-4-3-5-20-10)12-11(7-16)14(17)21-15-13(12)9(2)18-19-15/h3-6,12H,17H2,1-2H3,(H,18,19)/b8-6+. The number of furan rings is 1. The number of aromatic nitrogens is 2. The van der Waals surface area contributed by atoms with E-state index in [0.717, 1.165) is 22.6 Å². The Balaban J connectivity index is 2.14. The van der Waals surface area contributed by atoms with Gasteiger partial charge < -0.3 is 14.9 Å². The van der Waals surface area contributed by atoms with Gasteiger partial charge in [0, 0.05) is 11.3 Å². The topological polar surface area (TPSA) is 101 Å². The summed E-state index contributed by atoms with van der Waals surface area (Å²) >= 11 is 0. The summed E-state index contributed by atoms with van der Waals surface area (Å²) in [6.07, 6.45) is 3.49. The van der Waals surface area contributed by atoms with Crippen LogP contribution in [0.2, 0.25) is 0 Å². The van der Waals surface area contributed by atoms with Crippen LogP contribution in [0.1, 0.15) is 29.9 Å². The summed E-state index contributed by atoms with van der Waals surface area (Å²) in [6.45, 7) is 3.82. The zero-order chi connectivity index (χ0) is 15.0. The number of fused-ring (bicyclic) bond motifs is 1. The van der Waals surface area contributed by atoms with Crippen molar-refractivity contribution in [3.05, 3.63) is 52.4 Å². The fraction of sp³-hybridized carbons (Fsp3) is 0.200. The van der Waals surface area contributed by atoms with Crippen molar-refractivity contribution in [3.63, 3.8) is 0 Å². The molecule has 1 aliphatic rings. The van der Waals surface area contributed by atoms with Crippen molar-refractivity contribution < 1.29 is 9.15 Å². The number of hydrogen-bond acceptors (Lipinski definition) is 5. The summed E-state index contributed by atoms with van der Waals surface area (Å²) in [4.78, 5) is 0. The van der Waals surface area contributed by atoms with Crippen LogP contribution in [-0.2, 0) is 0 Å². The zero-order valence-corrected chi connectivity index (χ0v) is 11.7. The fourth-order valence-corrected chi connectivity index (χ4v) is 2.54. The molecule has 0 amide bonds. The lowest BCUT2D eigenvalue weighted by Gasteiger charge is -2.23. The van der Waals surface area contributed by atoms with Gasteiger partial charge in [0.25, 0.3) is 0 Å². The molecule has 6 heteroatoms. The third kappa shape index (κ3) is 2.09. The summed E-state index contributed by atoms with van der Waals surface area (Å²) in [7, 11) is 0. The molecule has 0 saturated heterocycles. The van der Waals surface area contributed by atoms with Crippen molar-refractivity contribution in [2.75, 3.05) is 0 Å². The second kappa shape index (κ2) is 4.87. The van der Waals surface area contributed by atoms with E-state index in [0.29, 0.717) is 11.5 Å². The normalized spacial score (nSPS) is 18.1. The highest BCUT2D eigenvalue weighted by atomic mass is 16.5. The van der Waals surface area contributed by atoms with E-state index in [-0.39, 0.29) is 11.8 Å². The maximum atomic E-state index is 9.41. The van der Waals surface area contributed by atoms with Gasteiger partial charge in [-0.3, -0.25) is 5.10 Å². The lowest BCUT2D eigenvalue weighted by atomic mass is 9.84. The Hall–Kier alpha value is -2.94. The van der Waals surface area contributed by atoms with Gasteiger partial charge in [-0.15, -0.1) is 5.10 Å². The minimum absolute atomic E-state index is 0.0914. The third-order valence-corrected chi connectivity index (χ3v) is 3.50. The molecule has 0 radical (unpaired) electrons. The lowest BCUT2D eigenvalue weighted by Crippen LogP contribution is -2.20. The van der Waals surface area contributed by atoms with Crippen molar-refractivity contribution in [3.8, 4) is 11.9 Å². The largest absolute Gasteiger partial charge is 0.465 e. The van der Waals surface area contributed by atoms with Crippen LogP contribution in [0, 0.1) is 18.3 Å². The first-order chi connectivity index (χ1) is 10.1. The molecule has 6 nitrogen and oxygen atoms in total. The Kier molecular flexibility index (Phi) is 3.03. The summed E-state index contributed by atoms with van der Waals surface area (Å²) in [6, 6.07) is 5.80. The Morgan fingerprint density at radius 3 is 3.05 bits per heavy atom. The number of nitrogens with two attached hydrogens (primary N) is 1. The number of allylic oxidation sites excluding steroid dienone is 2. The highest BCUT2D eigenvalue weighted by Crippen LogP contribution is 2.42. The van der Waals surface area contributed by atoms with Crippen molar-refractivity contribution >= 4 is 6.08 Å². The molecule has 1 unspecified atom stereocenters. The number of rotatable bonds is 2. The van der Waals surface area contributed by atoms with Gasteiger partial charge >= 0.3 is 0 Å². The van der Waals surface area contributed by atoms with Gasteiger partial charge in [-0.25, -0.2) is 0 Å². The molecule has 21 heavy (non-hydrogen) atoms. The van der Waals surface area contributed by atoms with E-state index < -0.39 is 0 Å². The minimum atomic E-state index is -0.289. The van der Waals surface area contributed by atoms with Crippen LogP contribution in [0.25, 0.3) is 6.08 Å². The van der Waals surface area contributed by atoms with E-state index in [2.05, 4.69) is 16.3 Å². The van der Waals surface area contributed by atoms with Crippen molar-refractivity contribution in [1.82, 2.24) is 10.2 Å². The monoisotopic (exact) mass is 282 g/mol. The van der Waals surface area contributed by atoms with E-state index in [4.69, 9.17) is 14.9 Å². The van der Waals surface area contributed by atoms with E-state index in [1.807, 2.05) is 32.1 Å². The van der Waals surface area contributed by atoms with E-state index in [1.165, 1.54) is 0 Å². The quantitative estimate of drug-likeness (QED) is 0.881. The van der Waals surface area contributed by atoms with Crippen molar-refractivity contribution in [2.45, 2.75) is 19.8 Å². The lowest BCUT2D eigenvalue weighted by molar-refractivity contribution is 0.378. The molecule has 0 saturated carbocycles. The van der Waals surface area contributed by atoms with Gasteiger partial charge in [0.15, 0.2) is 0 Å². The molecular formula is C15H14N4O2. The first-order valence-corrected chi connectivity index (χ1v) is 6.46. The number of H-pyrrole nitrogens is 1. The maximum absolute atomic E-state index is 9.41. The number of nitriles is 1. The third-order valence-electron chi connectivity index (χ3n) is 3.50. The second-order valence-electron chi connectivity index (χ2n) is 4.90. The summed E-state index contributed by atoms with van der Waals surface area (Å²) in [5.74, 6) is 0.940. The molecule has 3 rings (SSSR count). The van der Waals surface area contributed by atoms with Crippen LogP contribution in [0.15, 0.2) is 39.8 Å². The Labute approximate surface area is 121 Å². The van der Waals surface area contributed by atoms with E-state index >= 15 is 0 Å². The first kappa shape index (κ1) is 13.1.